The van der Waals surface area contributed by atoms with Gasteiger partial charge in [0.2, 0.25) is 0 Å². The Hall–Kier alpha value is -1.02. The Morgan fingerprint density at radius 1 is 1.46 bits per heavy atom. The van der Waals surface area contributed by atoms with Crippen LogP contribution < -0.4 is 10.5 Å². The average Bonchev–Trinajstić information content (AvgIpc) is 2.18. The largest absolute Gasteiger partial charge is 0.496 e. The molecule has 0 spiro atoms. The minimum Gasteiger partial charge on any atom is -0.496 e. The van der Waals surface area contributed by atoms with Crippen molar-refractivity contribution in [2.75, 3.05) is 7.11 Å². The summed E-state index contributed by atoms with van der Waals surface area (Å²) in [6.07, 6.45) is 2.94. The van der Waals surface area contributed by atoms with Gasteiger partial charge in [-0.15, -0.1) is 0 Å². The molecule has 71 valence electrons. The Kier molecular flexibility index (Phi) is 3.77. The molecule has 2 nitrogen and oxygen atoms in total. The van der Waals surface area contributed by atoms with Gasteiger partial charge in [0.15, 0.2) is 0 Å². The first kappa shape index (κ1) is 10.1. The zero-order valence-corrected chi connectivity index (χ0v) is 8.16. The minimum atomic E-state index is 0.0427. The van der Waals surface area contributed by atoms with E-state index in [0.29, 0.717) is 0 Å². The van der Waals surface area contributed by atoms with Crippen molar-refractivity contribution in [3.05, 3.63) is 36.2 Å². The zero-order chi connectivity index (χ0) is 9.68. The molecule has 1 radical (unpaired) electrons. The van der Waals surface area contributed by atoms with E-state index in [2.05, 4.69) is 6.42 Å². The number of hydrogen-bond acceptors (Lipinski definition) is 2. The van der Waals surface area contributed by atoms with Crippen molar-refractivity contribution in [3.63, 3.8) is 0 Å². The number of methoxy groups -OCH3 is 1. The molecule has 0 bridgehead atoms. The Morgan fingerprint density at radius 2 is 2.15 bits per heavy atom. The average molecular weight is 178 g/mol. The minimum absolute atomic E-state index is 0.0427. The summed E-state index contributed by atoms with van der Waals surface area (Å²) in [7, 11) is 1.67. The molecule has 1 atom stereocenters. The molecule has 1 aromatic rings. The van der Waals surface area contributed by atoms with E-state index >= 15 is 0 Å². The molecule has 0 aliphatic carbocycles. The maximum Gasteiger partial charge on any atom is 0.123 e. The number of nitrogens with two attached hydrogens (primary N) is 1. The first-order chi connectivity index (χ1) is 6.29. The summed E-state index contributed by atoms with van der Waals surface area (Å²) in [5, 5.41) is 0. The van der Waals surface area contributed by atoms with Gasteiger partial charge in [-0.2, -0.15) is 0 Å². The quantitative estimate of drug-likeness (QED) is 0.767. The third kappa shape index (κ3) is 2.46. The van der Waals surface area contributed by atoms with E-state index in [1.165, 1.54) is 0 Å². The molecule has 2 heteroatoms. The predicted octanol–water partition coefficient (Wildman–Crippen LogP) is 2.31. The predicted molar refractivity (Wildman–Crippen MR) is 54.5 cm³/mol. The highest BCUT2D eigenvalue weighted by atomic mass is 16.5. The standard InChI is InChI=1S/C11H16NO/c1-3-6-10(12)9-7-4-5-8-11(9)13-2/h3-5,7-8,10H,6,12H2,1-2H3. The molecular formula is C11H16NO. The van der Waals surface area contributed by atoms with Crippen molar-refractivity contribution in [2.45, 2.75) is 19.4 Å². The Morgan fingerprint density at radius 3 is 2.77 bits per heavy atom. The monoisotopic (exact) mass is 178 g/mol. The van der Waals surface area contributed by atoms with Crippen LogP contribution >= 0.6 is 0 Å². The van der Waals surface area contributed by atoms with Crippen LogP contribution in [-0.2, 0) is 0 Å². The second-order valence-electron chi connectivity index (χ2n) is 2.99. The molecule has 0 saturated carbocycles. The number of hydrogen-bond donors (Lipinski definition) is 1. The van der Waals surface area contributed by atoms with Crippen molar-refractivity contribution in [1.29, 1.82) is 0 Å². The molecule has 0 amide bonds. The van der Waals surface area contributed by atoms with E-state index in [1.807, 2.05) is 31.2 Å². The second kappa shape index (κ2) is 4.87. The first-order valence-electron chi connectivity index (χ1n) is 4.46. The number of para-hydroxylation sites is 1. The summed E-state index contributed by atoms with van der Waals surface area (Å²) in [6.45, 7) is 2.01. The topological polar surface area (TPSA) is 35.2 Å². The molecule has 1 unspecified atom stereocenters. The van der Waals surface area contributed by atoms with Crippen LogP contribution in [0, 0.1) is 6.42 Å². The highest BCUT2D eigenvalue weighted by molar-refractivity contribution is 5.35. The Labute approximate surface area is 79.7 Å². The summed E-state index contributed by atoms with van der Waals surface area (Å²) in [5.74, 6) is 0.872. The summed E-state index contributed by atoms with van der Waals surface area (Å²) in [4.78, 5) is 0. The van der Waals surface area contributed by atoms with Crippen LogP contribution in [-0.4, -0.2) is 7.11 Å². The van der Waals surface area contributed by atoms with Gasteiger partial charge in [-0.1, -0.05) is 25.1 Å². The van der Waals surface area contributed by atoms with E-state index in [-0.39, 0.29) is 6.04 Å². The fourth-order valence-electron chi connectivity index (χ4n) is 1.35. The van der Waals surface area contributed by atoms with Gasteiger partial charge in [0.1, 0.15) is 5.75 Å². The molecule has 0 fully saturated rings. The highest BCUT2D eigenvalue weighted by Gasteiger charge is 2.09. The fourth-order valence-corrected chi connectivity index (χ4v) is 1.35. The maximum absolute atomic E-state index is 5.97. The summed E-state index contributed by atoms with van der Waals surface area (Å²) >= 11 is 0. The van der Waals surface area contributed by atoms with Crippen LogP contribution in [0.4, 0.5) is 0 Å². The molecule has 13 heavy (non-hydrogen) atoms. The van der Waals surface area contributed by atoms with Gasteiger partial charge in [0.25, 0.3) is 0 Å². The van der Waals surface area contributed by atoms with Gasteiger partial charge < -0.3 is 10.5 Å². The normalized spacial score (nSPS) is 12.5. The fraction of sp³-hybridized carbons (Fsp3) is 0.364. The highest BCUT2D eigenvalue weighted by Crippen LogP contribution is 2.25. The lowest BCUT2D eigenvalue weighted by Crippen LogP contribution is -2.11. The van der Waals surface area contributed by atoms with E-state index in [9.17, 15) is 0 Å². The Balaban J connectivity index is 2.85. The lowest BCUT2D eigenvalue weighted by molar-refractivity contribution is 0.405. The summed E-state index contributed by atoms with van der Waals surface area (Å²) in [6, 6.07) is 7.91. The van der Waals surface area contributed by atoms with Crippen LogP contribution in [0.15, 0.2) is 24.3 Å². The molecule has 1 rings (SSSR count). The SMILES string of the molecule is C[CH]CC(N)c1ccccc1OC. The lowest BCUT2D eigenvalue weighted by Gasteiger charge is -2.14. The third-order valence-electron chi connectivity index (χ3n) is 2.03. The van der Waals surface area contributed by atoms with Crippen molar-refractivity contribution in [1.82, 2.24) is 0 Å². The number of benzene rings is 1. The smallest absolute Gasteiger partial charge is 0.123 e. The first-order valence-corrected chi connectivity index (χ1v) is 4.46. The van der Waals surface area contributed by atoms with E-state index in [4.69, 9.17) is 10.5 Å². The van der Waals surface area contributed by atoms with Gasteiger partial charge >= 0.3 is 0 Å². The van der Waals surface area contributed by atoms with Crippen molar-refractivity contribution >= 4 is 0 Å². The van der Waals surface area contributed by atoms with Gasteiger partial charge in [0.05, 0.1) is 7.11 Å². The van der Waals surface area contributed by atoms with Crippen LogP contribution in [0.5, 0.6) is 5.75 Å². The van der Waals surface area contributed by atoms with E-state index < -0.39 is 0 Å². The molecule has 0 saturated heterocycles. The van der Waals surface area contributed by atoms with Crippen LogP contribution in [0.25, 0.3) is 0 Å². The van der Waals surface area contributed by atoms with Crippen LogP contribution in [0.2, 0.25) is 0 Å². The molecule has 0 aromatic heterocycles. The van der Waals surface area contributed by atoms with Crippen LogP contribution in [0.1, 0.15) is 24.9 Å². The molecule has 0 heterocycles. The second-order valence-corrected chi connectivity index (χ2v) is 2.99. The third-order valence-corrected chi connectivity index (χ3v) is 2.03. The molecule has 0 aliphatic heterocycles. The van der Waals surface area contributed by atoms with Gasteiger partial charge in [-0.05, 0) is 18.9 Å². The molecule has 1 aromatic carbocycles. The van der Waals surface area contributed by atoms with Gasteiger partial charge in [0, 0.05) is 11.6 Å². The van der Waals surface area contributed by atoms with Crippen molar-refractivity contribution < 1.29 is 4.74 Å². The summed E-state index contributed by atoms with van der Waals surface area (Å²) < 4.78 is 5.22. The van der Waals surface area contributed by atoms with Crippen molar-refractivity contribution in [3.8, 4) is 5.75 Å². The maximum atomic E-state index is 5.97. The van der Waals surface area contributed by atoms with Gasteiger partial charge in [-0.3, -0.25) is 0 Å². The molecule has 2 N–H and O–H groups in total. The lowest BCUT2D eigenvalue weighted by atomic mass is 10.0. The molecular weight excluding hydrogens is 162 g/mol. The Bertz CT molecular complexity index is 260. The summed E-state index contributed by atoms with van der Waals surface area (Å²) in [5.41, 5.74) is 7.04. The van der Waals surface area contributed by atoms with E-state index in [0.717, 1.165) is 17.7 Å². The molecule has 0 aliphatic rings. The van der Waals surface area contributed by atoms with E-state index in [1.54, 1.807) is 7.11 Å². The van der Waals surface area contributed by atoms with Gasteiger partial charge in [-0.25, -0.2) is 0 Å². The van der Waals surface area contributed by atoms with Crippen LogP contribution in [0.3, 0.4) is 0 Å². The number of rotatable bonds is 4. The van der Waals surface area contributed by atoms with Crippen molar-refractivity contribution in [2.24, 2.45) is 5.73 Å². The zero-order valence-electron chi connectivity index (χ0n) is 8.16. The number of ether oxygens (including phenoxy) is 1.